The molecule has 2 fully saturated rings. The number of nitrogens with zero attached hydrogens (tertiary/aromatic N) is 1. The van der Waals surface area contributed by atoms with Gasteiger partial charge in [0.15, 0.2) is 6.61 Å². The van der Waals surface area contributed by atoms with Crippen molar-refractivity contribution in [1.82, 2.24) is 9.88 Å². The first-order valence-corrected chi connectivity index (χ1v) is 10.3. The van der Waals surface area contributed by atoms with Crippen molar-refractivity contribution in [3.05, 3.63) is 34.4 Å². The Kier molecular flexibility index (Phi) is 5.52. The molecule has 2 aromatic rings. The Morgan fingerprint density at radius 3 is 2.96 bits per heavy atom. The lowest BCUT2D eigenvalue weighted by Crippen LogP contribution is -2.55. The van der Waals surface area contributed by atoms with Crippen molar-refractivity contribution in [2.45, 2.75) is 37.8 Å². The number of esters is 1. The highest BCUT2D eigenvalue weighted by molar-refractivity contribution is 7.19. The molecule has 3 heterocycles. The van der Waals surface area contributed by atoms with Gasteiger partial charge >= 0.3 is 5.97 Å². The van der Waals surface area contributed by atoms with Crippen LogP contribution in [0.1, 0.15) is 36.0 Å². The molecule has 1 amide bonds. The van der Waals surface area contributed by atoms with Crippen molar-refractivity contribution in [1.29, 1.82) is 0 Å². The summed E-state index contributed by atoms with van der Waals surface area (Å²) >= 11 is 7.37. The first kappa shape index (κ1) is 18.5. The van der Waals surface area contributed by atoms with Gasteiger partial charge in [0, 0.05) is 29.4 Å². The molecule has 1 aliphatic heterocycles. The number of H-pyrrole nitrogens is 1. The molecule has 27 heavy (non-hydrogen) atoms. The van der Waals surface area contributed by atoms with Crippen LogP contribution in [0.5, 0.6) is 0 Å². The van der Waals surface area contributed by atoms with E-state index in [4.69, 9.17) is 21.1 Å². The molecule has 1 saturated carbocycles. The molecule has 0 aromatic carbocycles. The summed E-state index contributed by atoms with van der Waals surface area (Å²) in [7, 11) is 0. The van der Waals surface area contributed by atoms with Crippen LogP contribution in [0.4, 0.5) is 0 Å². The van der Waals surface area contributed by atoms with E-state index in [9.17, 15) is 9.59 Å². The molecule has 1 saturated heterocycles. The number of amides is 1. The zero-order chi connectivity index (χ0) is 18.8. The van der Waals surface area contributed by atoms with Crippen LogP contribution in [0.25, 0.3) is 10.4 Å². The maximum absolute atomic E-state index is 12.7. The predicted octanol–water partition coefficient (Wildman–Crippen LogP) is 3.72. The number of fused-ring (bicyclic) bond motifs is 1. The molecule has 1 aliphatic carbocycles. The molecule has 144 valence electrons. The number of halogens is 1. The van der Waals surface area contributed by atoms with Crippen LogP contribution in [-0.4, -0.2) is 53.7 Å². The number of thiophene rings is 1. The van der Waals surface area contributed by atoms with Crippen molar-refractivity contribution in [2.24, 2.45) is 0 Å². The highest BCUT2D eigenvalue weighted by atomic mass is 35.5. The summed E-state index contributed by atoms with van der Waals surface area (Å²) in [4.78, 5) is 30.8. The van der Waals surface area contributed by atoms with Crippen LogP contribution >= 0.6 is 22.9 Å². The van der Waals surface area contributed by atoms with Gasteiger partial charge in [-0.2, -0.15) is 0 Å². The highest BCUT2D eigenvalue weighted by Crippen LogP contribution is 2.33. The Morgan fingerprint density at radius 2 is 2.15 bits per heavy atom. The molecule has 0 spiro atoms. The van der Waals surface area contributed by atoms with Gasteiger partial charge in [-0.1, -0.05) is 24.4 Å². The second kappa shape index (κ2) is 8.04. The van der Waals surface area contributed by atoms with E-state index in [0.717, 1.165) is 36.1 Å². The molecule has 0 bridgehead atoms. The monoisotopic (exact) mass is 408 g/mol. The Hall–Kier alpha value is -1.83. The Labute approximate surface area is 166 Å². The molecule has 1 N–H and O–H groups in total. The number of aromatic nitrogens is 1. The zero-order valence-electron chi connectivity index (χ0n) is 14.8. The van der Waals surface area contributed by atoms with Gasteiger partial charge in [0.25, 0.3) is 5.91 Å². The minimum atomic E-state index is -0.516. The minimum Gasteiger partial charge on any atom is -0.452 e. The summed E-state index contributed by atoms with van der Waals surface area (Å²) in [5.74, 6) is -0.669. The summed E-state index contributed by atoms with van der Waals surface area (Å²) < 4.78 is 11.8. The average molecular weight is 409 g/mol. The smallest absolute Gasteiger partial charge is 0.340 e. The minimum absolute atomic E-state index is 0.106. The third-order valence-electron chi connectivity index (χ3n) is 5.18. The lowest BCUT2D eigenvalue weighted by molar-refractivity contribution is -0.152. The van der Waals surface area contributed by atoms with Crippen LogP contribution in [0, 0.1) is 0 Å². The summed E-state index contributed by atoms with van der Waals surface area (Å²) in [6, 6.07) is 3.75. The van der Waals surface area contributed by atoms with E-state index in [1.165, 1.54) is 11.3 Å². The average Bonchev–Trinajstić information content (AvgIpc) is 3.34. The van der Waals surface area contributed by atoms with Crippen LogP contribution in [0.3, 0.4) is 0 Å². The number of carbonyl (C=O) groups is 2. The molecule has 2 aromatic heterocycles. The summed E-state index contributed by atoms with van der Waals surface area (Å²) in [5, 5.41) is 0. The molecule has 8 heteroatoms. The molecule has 0 radical (unpaired) electrons. The van der Waals surface area contributed by atoms with Gasteiger partial charge in [0.2, 0.25) is 0 Å². The summed E-state index contributed by atoms with van der Waals surface area (Å²) in [5.41, 5.74) is 1.13. The maximum Gasteiger partial charge on any atom is 0.340 e. The van der Waals surface area contributed by atoms with E-state index in [2.05, 4.69) is 4.98 Å². The first-order chi connectivity index (χ1) is 13.1. The number of nitrogens with one attached hydrogen (secondary N) is 1. The fourth-order valence-electron chi connectivity index (χ4n) is 3.89. The first-order valence-electron chi connectivity index (χ1n) is 9.14. The summed E-state index contributed by atoms with van der Waals surface area (Å²) in [6.45, 7) is 0.848. The van der Waals surface area contributed by atoms with Gasteiger partial charge in [-0.25, -0.2) is 4.79 Å². The van der Waals surface area contributed by atoms with Crippen molar-refractivity contribution in [3.8, 4) is 10.4 Å². The van der Waals surface area contributed by atoms with Crippen LogP contribution in [-0.2, 0) is 14.3 Å². The van der Waals surface area contributed by atoms with Gasteiger partial charge in [0.1, 0.15) is 0 Å². The Morgan fingerprint density at radius 1 is 1.30 bits per heavy atom. The van der Waals surface area contributed by atoms with E-state index in [1.807, 2.05) is 11.0 Å². The zero-order valence-corrected chi connectivity index (χ0v) is 16.4. The van der Waals surface area contributed by atoms with E-state index >= 15 is 0 Å². The number of morpholine rings is 1. The number of hydrogen-bond donors (Lipinski definition) is 1. The van der Waals surface area contributed by atoms with Crippen molar-refractivity contribution < 1.29 is 19.1 Å². The van der Waals surface area contributed by atoms with Gasteiger partial charge in [-0.3, -0.25) is 4.79 Å². The van der Waals surface area contributed by atoms with Crippen molar-refractivity contribution >= 4 is 34.8 Å². The van der Waals surface area contributed by atoms with Crippen LogP contribution in [0.15, 0.2) is 24.5 Å². The van der Waals surface area contributed by atoms with Gasteiger partial charge in [-0.05, 0) is 25.0 Å². The quantitative estimate of drug-likeness (QED) is 0.782. The Balaban J connectivity index is 1.39. The van der Waals surface area contributed by atoms with Crippen LogP contribution in [0.2, 0.25) is 4.34 Å². The molecule has 2 atom stereocenters. The Bertz CT molecular complexity index is 831. The van der Waals surface area contributed by atoms with Crippen molar-refractivity contribution in [3.63, 3.8) is 0 Å². The predicted molar refractivity (Wildman–Crippen MR) is 103 cm³/mol. The second-order valence-corrected chi connectivity index (χ2v) is 8.53. The van der Waals surface area contributed by atoms with E-state index in [0.29, 0.717) is 23.1 Å². The normalized spacial score (nSPS) is 22.3. The molecule has 0 unspecified atom stereocenters. The van der Waals surface area contributed by atoms with E-state index < -0.39 is 5.97 Å². The van der Waals surface area contributed by atoms with E-state index in [1.54, 1.807) is 18.5 Å². The highest BCUT2D eigenvalue weighted by Gasteiger charge is 2.36. The SMILES string of the molecule is O=C(OCC(=O)N1CCO[C@H]2CCCC[C@H]21)c1c[nH]cc1-c1ccc(Cl)s1. The standard InChI is InChI=1S/C19H21ClN2O4S/c20-17-6-5-16(27-17)12-9-21-10-13(12)19(24)26-11-18(23)22-7-8-25-15-4-2-1-3-14(15)22/h5-6,9-10,14-15,21H,1-4,7-8,11H2/t14-,15+/m1/s1. The van der Waals surface area contributed by atoms with Gasteiger partial charge in [-0.15, -0.1) is 11.3 Å². The molecular weight excluding hydrogens is 388 g/mol. The van der Waals surface area contributed by atoms with Gasteiger partial charge < -0.3 is 19.4 Å². The van der Waals surface area contributed by atoms with E-state index in [-0.39, 0.29) is 24.7 Å². The lowest BCUT2D eigenvalue weighted by atomic mass is 9.90. The van der Waals surface area contributed by atoms with Gasteiger partial charge in [0.05, 0.1) is 28.7 Å². The fourth-order valence-corrected chi connectivity index (χ4v) is 4.96. The molecule has 6 nitrogen and oxygen atoms in total. The third-order valence-corrected chi connectivity index (χ3v) is 6.45. The largest absolute Gasteiger partial charge is 0.452 e. The number of carbonyl (C=O) groups excluding carboxylic acids is 2. The summed E-state index contributed by atoms with van der Waals surface area (Å²) in [6.07, 6.45) is 7.62. The van der Waals surface area contributed by atoms with Crippen LogP contribution < -0.4 is 0 Å². The third kappa shape index (κ3) is 3.90. The number of aromatic amines is 1. The molecular formula is C19H21ClN2O4S. The fraction of sp³-hybridized carbons (Fsp3) is 0.474. The maximum atomic E-state index is 12.7. The van der Waals surface area contributed by atoms with Crippen molar-refractivity contribution in [2.75, 3.05) is 19.8 Å². The molecule has 4 rings (SSSR count). The number of hydrogen-bond acceptors (Lipinski definition) is 5. The number of rotatable bonds is 4. The topological polar surface area (TPSA) is 71.6 Å². The lowest BCUT2D eigenvalue weighted by Gasteiger charge is -2.43. The second-order valence-electron chi connectivity index (χ2n) is 6.81. The number of ether oxygens (including phenoxy) is 2. The molecule has 2 aliphatic rings.